The molecule has 0 bridgehead atoms. The number of nitrogens with zero attached hydrogens (tertiary/aromatic N) is 1. The number of aryl methyl sites for hydroxylation is 1. The van der Waals surface area contributed by atoms with E-state index in [2.05, 4.69) is 10.3 Å². The molecule has 1 heterocycles. The van der Waals surface area contributed by atoms with Crippen LogP contribution in [0, 0.1) is 6.92 Å². The quantitative estimate of drug-likeness (QED) is 0.664. The minimum absolute atomic E-state index is 0.0768. The van der Waals surface area contributed by atoms with E-state index >= 15 is 0 Å². The SMILES string of the molecule is COCc1nc(C)c(C(=O)Nc2ccc(OCCCC(=O)O)cc2)s1. The van der Waals surface area contributed by atoms with Gasteiger partial charge < -0.3 is 19.9 Å². The van der Waals surface area contributed by atoms with E-state index in [0.29, 0.717) is 41.6 Å². The van der Waals surface area contributed by atoms with Crippen LogP contribution >= 0.6 is 11.3 Å². The highest BCUT2D eigenvalue weighted by Crippen LogP contribution is 2.21. The number of amides is 1. The van der Waals surface area contributed by atoms with Crippen molar-refractivity contribution < 1.29 is 24.2 Å². The molecule has 7 nitrogen and oxygen atoms in total. The lowest BCUT2D eigenvalue weighted by Gasteiger charge is -2.07. The van der Waals surface area contributed by atoms with Crippen molar-refractivity contribution in [3.8, 4) is 5.75 Å². The van der Waals surface area contributed by atoms with E-state index in [1.165, 1.54) is 11.3 Å². The van der Waals surface area contributed by atoms with Crippen LogP contribution in [0.25, 0.3) is 0 Å². The van der Waals surface area contributed by atoms with Crippen molar-refractivity contribution in [2.45, 2.75) is 26.4 Å². The third-order valence-electron chi connectivity index (χ3n) is 3.23. The smallest absolute Gasteiger partial charge is 0.303 e. The molecule has 2 aromatic rings. The number of nitrogens with one attached hydrogen (secondary N) is 1. The number of ether oxygens (including phenoxy) is 2. The van der Waals surface area contributed by atoms with Gasteiger partial charge in [-0.05, 0) is 37.6 Å². The first-order valence-corrected chi connectivity index (χ1v) is 8.52. The van der Waals surface area contributed by atoms with E-state index < -0.39 is 5.97 Å². The molecule has 0 atom stereocenters. The van der Waals surface area contributed by atoms with Crippen molar-refractivity contribution >= 4 is 28.9 Å². The Labute approximate surface area is 149 Å². The van der Waals surface area contributed by atoms with Crippen LogP contribution < -0.4 is 10.1 Å². The van der Waals surface area contributed by atoms with Crippen molar-refractivity contribution in [1.29, 1.82) is 0 Å². The van der Waals surface area contributed by atoms with E-state index in [4.69, 9.17) is 14.6 Å². The van der Waals surface area contributed by atoms with Crippen LogP contribution in [-0.2, 0) is 16.1 Å². The standard InChI is InChI=1S/C17H20N2O5S/c1-11-16(25-14(18-11)10-23-2)17(22)19-12-5-7-13(8-6-12)24-9-3-4-15(20)21/h5-8H,3-4,9-10H2,1-2H3,(H,19,22)(H,20,21). The zero-order valence-corrected chi connectivity index (χ0v) is 14.9. The predicted molar refractivity (Wildman–Crippen MR) is 94.3 cm³/mol. The average Bonchev–Trinajstić information content (AvgIpc) is 2.94. The van der Waals surface area contributed by atoms with Crippen molar-refractivity contribution in [1.82, 2.24) is 4.98 Å². The maximum atomic E-state index is 12.3. The molecule has 25 heavy (non-hydrogen) atoms. The molecule has 0 unspecified atom stereocenters. The molecule has 0 saturated carbocycles. The van der Waals surface area contributed by atoms with Gasteiger partial charge in [0.2, 0.25) is 0 Å². The van der Waals surface area contributed by atoms with E-state index in [9.17, 15) is 9.59 Å². The number of hydrogen-bond acceptors (Lipinski definition) is 6. The van der Waals surface area contributed by atoms with Crippen LogP contribution in [0.1, 0.15) is 33.2 Å². The van der Waals surface area contributed by atoms with Gasteiger partial charge in [-0.2, -0.15) is 0 Å². The minimum Gasteiger partial charge on any atom is -0.494 e. The lowest BCUT2D eigenvalue weighted by molar-refractivity contribution is -0.137. The number of benzene rings is 1. The van der Waals surface area contributed by atoms with Gasteiger partial charge in [0, 0.05) is 19.2 Å². The number of aromatic nitrogens is 1. The summed E-state index contributed by atoms with van der Waals surface area (Å²) in [5.41, 5.74) is 1.32. The normalized spacial score (nSPS) is 10.5. The largest absolute Gasteiger partial charge is 0.494 e. The highest BCUT2D eigenvalue weighted by molar-refractivity contribution is 7.13. The predicted octanol–water partition coefficient (Wildman–Crippen LogP) is 3.09. The van der Waals surface area contributed by atoms with Gasteiger partial charge in [-0.15, -0.1) is 11.3 Å². The number of carbonyl (C=O) groups excluding carboxylic acids is 1. The summed E-state index contributed by atoms with van der Waals surface area (Å²) in [7, 11) is 1.59. The monoisotopic (exact) mass is 364 g/mol. The van der Waals surface area contributed by atoms with Crippen molar-refractivity contribution in [3.05, 3.63) is 39.8 Å². The Kier molecular flexibility index (Phi) is 6.91. The molecule has 0 fully saturated rings. The Hall–Kier alpha value is -2.45. The van der Waals surface area contributed by atoms with Gasteiger partial charge in [0.05, 0.1) is 18.9 Å². The third kappa shape index (κ3) is 5.84. The van der Waals surface area contributed by atoms with E-state index in [1.807, 2.05) is 0 Å². The number of aliphatic carboxylic acids is 1. The Morgan fingerprint density at radius 2 is 2.00 bits per heavy atom. The second kappa shape index (κ2) is 9.14. The Bertz CT molecular complexity index is 727. The van der Waals surface area contributed by atoms with Crippen LogP contribution in [0.15, 0.2) is 24.3 Å². The number of carbonyl (C=O) groups is 2. The van der Waals surface area contributed by atoms with Crippen molar-refractivity contribution in [2.24, 2.45) is 0 Å². The maximum absolute atomic E-state index is 12.3. The Morgan fingerprint density at radius 1 is 1.28 bits per heavy atom. The Morgan fingerprint density at radius 3 is 2.64 bits per heavy atom. The molecule has 134 valence electrons. The fraction of sp³-hybridized carbons (Fsp3) is 0.353. The fourth-order valence-corrected chi connectivity index (χ4v) is 3.02. The molecule has 2 rings (SSSR count). The lowest BCUT2D eigenvalue weighted by atomic mass is 10.3. The summed E-state index contributed by atoms with van der Waals surface area (Å²) in [5, 5.41) is 12.2. The van der Waals surface area contributed by atoms with Gasteiger partial charge in [-0.25, -0.2) is 4.98 Å². The molecular formula is C17H20N2O5S. The molecule has 0 aliphatic heterocycles. The topological polar surface area (TPSA) is 97.8 Å². The first-order valence-electron chi connectivity index (χ1n) is 7.71. The summed E-state index contributed by atoms with van der Waals surface area (Å²) in [6.45, 7) is 2.51. The molecule has 0 radical (unpaired) electrons. The summed E-state index contributed by atoms with van der Waals surface area (Å²) in [6.07, 6.45) is 0.523. The van der Waals surface area contributed by atoms with Gasteiger partial charge in [0.1, 0.15) is 15.6 Å². The van der Waals surface area contributed by atoms with Crippen molar-refractivity contribution in [3.63, 3.8) is 0 Å². The van der Waals surface area contributed by atoms with E-state index in [-0.39, 0.29) is 12.3 Å². The summed E-state index contributed by atoms with van der Waals surface area (Å²) in [5.74, 6) is -0.430. The zero-order chi connectivity index (χ0) is 18.2. The summed E-state index contributed by atoms with van der Waals surface area (Å²) < 4.78 is 10.5. The summed E-state index contributed by atoms with van der Waals surface area (Å²) in [6, 6.07) is 6.92. The van der Waals surface area contributed by atoms with Gasteiger partial charge in [-0.3, -0.25) is 9.59 Å². The number of thiazole rings is 1. The number of carboxylic acids is 1. The number of anilines is 1. The van der Waals surface area contributed by atoms with Crippen LogP contribution in [-0.4, -0.2) is 35.7 Å². The first-order chi connectivity index (χ1) is 12.0. The lowest BCUT2D eigenvalue weighted by Crippen LogP contribution is -2.11. The zero-order valence-electron chi connectivity index (χ0n) is 14.1. The van der Waals surface area contributed by atoms with Crippen LogP contribution in [0.5, 0.6) is 5.75 Å². The van der Waals surface area contributed by atoms with Crippen LogP contribution in [0.3, 0.4) is 0 Å². The molecule has 0 saturated heterocycles. The number of carboxylic acid groups (broad SMARTS) is 1. The highest BCUT2D eigenvalue weighted by Gasteiger charge is 2.15. The maximum Gasteiger partial charge on any atom is 0.303 e. The summed E-state index contributed by atoms with van der Waals surface area (Å²) in [4.78, 5) is 27.6. The second-order valence-corrected chi connectivity index (χ2v) is 6.36. The van der Waals surface area contributed by atoms with Gasteiger partial charge in [0.15, 0.2) is 0 Å². The van der Waals surface area contributed by atoms with Gasteiger partial charge in [-0.1, -0.05) is 0 Å². The van der Waals surface area contributed by atoms with Gasteiger partial charge in [0.25, 0.3) is 5.91 Å². The second-order valence-electron chi connectivity index (χ2n) is 5.28. The molecule has 0 aliphatic carbocycles. The highest BCUT2D eigenvalue weighted by atomic mass is 32.1. The van der Waals surface area contributed by atoms with E-state index in [1.54, 1.807) is 38.3 Å². The third-order valence-corrected chi connectivity index (χ3v) is 4.36. The molecule has 0 spiro atoms. The van der Waals surface area contributed by atoms with Gasteiger partial charge >= 0.3 is 5.97 Å². The molecule has 1 aromatic carbocycles. The molecule has 0 aliphatic rings. The fourth-order valence-electron chi connectivity index (χ4n) is 2.08. The molecule has 8 heteroatoms. The minimum atomic E-state index is -0.839. The summed E-state index contributed by atoms with van der Waals surface area (Å²) >= 11 is 1.31. The van der Waals surface area contributed by atoms with E-state index in [0.717, 1.165) is 5.01 Å². The number of rotatable bonds is 9. The van der Waals surface area contributed by atoms with Crippen molar-refractivity contribution in [2.75, 3.05) is 19.0 Å². The average molecular weight is 364 g/mol. The molecule has 2 N–H and O–H groups in total. The van der Waals surface area contributed by atoms with Crippen LogP contribution in [0.4, 0.5) is 5.69 Å². The Balaban J connectivity index is 1.90. The molecular weight excluding hydrogens is 344 g/mol. The van der Waals surface area contributed by atoms with Crippen LogP contribution in [0.2, 0.25) is 0 Å². The number of methoxy groups -OCH3 is 1. The molecule has 1 amide bonds. The molecule has 1 aromatic heterocycles. The first kappa shape index (κ1) is 18.9. The number of hydrogen-bond donors (Lipinski definition) is 2.